The SMILES string of the molecule is CC(C)c1cc(C(F)(F)F)ccc1F.CC(C)c1ccc(Cl)c(C(F)(F)F)c1.Cc1cc(C(C)C)ccc1C(F)(F)F.Cc1cc(C(C)C)ccc1F. The van der Waals surface area contributed by atoms with Gasteiger partial charge < -0.3 is 0 Å². The molecule has 0 unspecified atom stereocenters. The number of rotatable bonds is 4. The second-order valence-corrected chi connectivity index (χ2v) is 14.1. The van der Waals surface area contributed by atoms with Crippen molar-refractivity contribution in [1.29, 1.82) is 0 Å². The van der Waals surface area contributed by atoms with Gasteiger partial charge in [-0.05, 0) is 113 Å². The minimum absolute atomic E-state index is 0.0633. The zero-order valence-corrected chi connectivity index (χ0v) is 32.0. The summed E-state index contributed by atoms with van der Waals surface area (Å²) in [4.78, 5) is 0. The van der Waals surface area contributed by atoms with Crippen molar-refractivity contribution in [1.82, 2.24) is 0 Å². The van der Waals surface area contributed by atoms with Gasteiger partial charge >= 0.3 is 18.5 Å². The van der Waals surface area contributed by atoms with Gasteiger partial charge in [-0.1, -0.05) is 97.3 Å². The van der Waals surface area contributed by atoms with Gasteiger partial charge in [-0.15, -0.1) is 0 Å². The Bertz CT molecular complexity index is 1750. The van der Waals surface area contributed by atoms with Crippen molar-refractivity contribution in [3.05, 3.63) is 140 Å². The number of hydrogen-bond donors (Lipinski definition) is 0. The number of aryl methyl sites for hydroxylation is 2. The molecule has 4 aromatic rings. The summed E-state index contributed by atoms with van der Waals surface area (Å²) >= 11 is 5.47. The number of alkyl halides is 9. The Hall–Kier alpha value is -3.60. The first-order chi connectivity index (χ1) is 24.1. The van der Waals surface area contributed by atoms with Gasteiger partial charge in [0, 0.05) is 0 Å². The summed E-state index contributed by atoms with van der Waals surface area (Å²) in [5.74, 6) is -0.154. The van der Waals surface area contributed by atoms with Gasteiger partial charge in [0.25, 0.3) is 0 Å². The largest absolute Gasteiger partial charge is 0.417 e. The number of benzene rings is 4. The lowest BCUT2D eigenvalue weighted by Gasteiger charge is -2.13. The van der Waals surface area contributed by atoms with E-state index in [0.29, 0.717) is 17.0 Å². The van der Waals surface area contributed by atoms with Gasteiger partial charge in [0.15, 0.2) is 0 Å². The molecule has 0 radical (unpaired) electrons. The fourth-order valence-electron chi connectivity index (χ4n) is 4.67. The smallest absolute Gasteiger partial charge is 0.207 e. The third-order valence-electron chi connectivity index (χ3n) is 7.98. The summed E-state index contributed by atoms with van der Waals surface area (Å²) in [6.45, 7) is 18.4. The van der Waals surface area contributed by atoms with Crippen LogP contribution in [0.1, 0.15) is 129 Å². The van der Waals surface area contributed by atoms with E-state index < -0.39 is 41.0 Å². The molecule has 4 aromatic carbocycles. The van der Waals surface area contributed by atoms with Gasteiger partial charge in [-0.3, -0.25) is 0 Å². The molecule has 0 nitrogen and oxygen atoms in total. The molecule has 0 fully saturated rings. The summed E-state index contributed by atoms with van der Waals surface area (Å²) in [5, 5.41) is -0.248. The van der Waals surface area contributed by atoms with E-state index >= 15 is 0 Å². The van der Waals surface area contributed by atoms with Crippen LogP contribution in [0.4, 0.5) is 48.3 Å². The van der Waals surface area contributed by atoms with Gasteiger partial charge in [0.1, 0.15) is 11.6 Å². The van der Waals surface area contributed by atoms with Crippen LogP contribution in [0.25, 0.3) is 0 Å². The molecule has 0 aromatic heterocycles. The Morgan fingerprint density at radius 2 is 0.849 bits per heavy atom. The quantitative estimate of drug-likeness (QED) is 0.181. The highest BCUT2D eigenvalue weighted by Gasteiger charge is 2.34. The molecule has 0 saturated heterocycles. The molecule has 12 heteroatoms. The van der Waals surface area contributed by atoms with Crippen LogP contribution in [0.15, 0.2) is 72.8 Å². The topological polar surface area (TPSA) is 0 Å². The third kappa shape index (κ3) is 15.3. The second kappa shape index (κ2) is 19.6. The van der Waals surface area contributed by atoms with Gasteiger partial charge in [-0.25, -0.2) is 8.78 Å². The summed E-state index contributed by atoms with van der Waals surface area (Å²) in [7, 11) is 0. The van der Waals surface area contributed by atoms with Crippen LogP contribution in [-0.4, -0.2) is 0 Å². The average Bonchev–Trinajstić information content (AvgIpc) is 3.01. The summed E-state index contributed by atoms with van der Waals surface area (Å²) in [6, 6.07) is 16.1. The van der Waals surface area contributed by atoms with Crippen molar-refractivity contribution in [3.63, 3.8) is 0 Å². The Morgan fingerprint density at radius 3 is 1.25 bits per heavy atom. The van der Waals surface area contributed by atoms with E-state index in [-0.39, 0.29) is 34.2 Å². The molecule has 0 aliphatic rings. The molecule has 0 atom stereocenters. The van der Waals surface area contributed by atoms with E-state index in [1.807, 2.05) is 39.8 Å². The van der Waals surface area contributed by atoms with Crippen LogP contribution in [0.2, 0.25) is 5.02 Å². The van der Waals surface area contributed by atoms with Crippen LogP contribution < -0.4 is 0 Å². The minimum atomic E-state index is -4.41. The molecule has 0 aliphatic carbocycles. The Labute approximate surface area is 310 Å². The highest BCUT2D eigenvalue weighted by atomic mass is 35.5. The van der Waals surface area contributed by atoms with E-state index in [2.05, 4.69) is 13.8 Å². The van der Waals surface area contributed by atoms with E-state index in [1.165, 1.54) is 24.6 Å². The Kier molecular flexibility index (Phi) is 17.6. The van der Waals surface area contributed by atoms with Crippen LogP contribution >= 0.6 is 11.6 Å². The minimum Gasteiger partial charge on any atom is -0.207 e. The lowest BCUT2D eigenvalue weighted by atomic mass is 9.98. The Balaban J connectivity index is 0.000000355. The van der Waals surface area contributed by atoms with Crippen molar-refractivity contribution >= 4 is 11.6 Å². The van der Waals surface area contributed by atoms with Gasteiger partial charge in [0.2, 0.25) is 0 Å². The van der Waals surface area contributed by atoms with Crippen LogP contribution in [0, 0.1) is 25.5 Å². The standard InChI is InChI=1S/C11H13F3.C10H10ClF3.C10H10F4.C10H13F/c1-7(2)9-4-5-10(8(3)6-9)11(12,13)14;1-6(2)7-3-4-9(11)8(5-7)10(12,13)14;1-6(2)8-5-7(10(12,13)14)3-4-9(8)11;1-7(2)9-4-5-10(11)8(3)6-9/h4-7H,1-3H3;2*3-6H,1-2H3;4-7H,1-3H3. The van der Waals surface area contributed by atoms with Crippen molar-refractivity contribution in [3.8, 4) is 0 Å². The van der Waals surface area contributed by atoms with Crippen molar-refractivity contribution < 1.29 is 48.3 Å². The number of hydrogen-bond acceptors (Lipinski definition) is 0. The second-order valence-electron chi connectivity index (χ2n) is 13.7. The molecular formula is C41H46ClF11. The summed E-state index contributed by atoms with van der Waals surface area (Å²) in [5.41, 5.74) is 1.80. The molecule has 4 rings (SSSR count). The average molecular weight is 783 g/mol. The van der Waals surface area contributed by atoms with Gasteiger partial charge in [0.05, 0.1) is 21.7 Å². The predicted octanol–water partition coefficient (Wildman–Crippen LogP) is 15.8. The third-order valence-corrected chi connectivity index (χ3v) is 8.31. The maximum atomic E-state index is 13.0. The zero-order chi connectivity index (χ0) is 41.2. The molecule has 0 saturated carbocycles. The lowest BCUT2D eigenvalue weighted by Crippen LogP contribution is -2.07. The van der Waals surface area contributed by atoms with E-state index in [9.17, 15) is 48.3 Å². The van der Waals surface area contributed by atoms with Crippen LogP contribution in [-0.2, 0) is 18.5 Å². The first-order valence-corrected chi connectivity index (χ1v) is 17.1. The van der Waals surface area contributed by atoms with Crippen LogP contribution in [0.3, 0.4) is 0 Å². The molecule has 0 amide bonds. The van der Waals surface area contributed by atoms with Gasteiger partial charge in [-0.2, -0.15) is 39.5 Å². The normalized spacial score (nSPS) is 11.9. The molecule has 53 heavy (non-hydrogen) atoms. The van der Waals surface area contributed by atoms with Crippen LogP contribution in [0.5, 0.6) is 0 Å². The molecule has 0 heterocycles. The number of halogens is 12. The fraction of sp³-hybridized carbons (Fsp3) is 0.415. The first kappa shape index (κ1) is 47.4. The van der Waals surface area contributed by atoms with Crippen molar-refractivity contribution in [2.24, 2.45) is 0 Å². The first-order valence-electron chi connectivity index (χ1n) is 16.7. The highest BCUT2D eigenvalue weighted by Crippen LogP contribution is 2.37. The van der Waals surface area contributed by atoms with E-state index in [1.54, 1.807) is 39.0 Å². The molecule has 0 N–H and O–H groups in total. The zero-order valence-electron chi connectivity index (χ0n) is 31.3. The van der Waals surface area contributed by atoms with E-state index in [4.69, 9.17) is 11.6 Å². The molecule has 294 valence electrons. The molecule has 0 bridgehead atoms. The highest BCUT2D eigenvalue weighted by molar-refractivity contribution is 6.31. The summed E-state index contributed by atoms with van der Waals surface area (Å²) < 4.78 is 137. The van der Waals surface area contributed by atoms with Crippen molar-refractivity contribution in [2.75, 3.05) is 0 Å². The fourth-order valence-corrected chi connectivity index (χ4v) is 4.90. The molecule has 0 spiro atoms. The summed E-state index contributed by atoms with van der Waals surface area (Å²) in [6.07, 6.45) is -13.0. The van der Waals surface area contributed by atoms with E-state index in [0.717, 1.165) is 41.5 Å². The van der Waals surface area contributed by atoms with Crippen molar-refractivity contribution in [2.45, 2.75) is 111 Å². The predicted molar refractivity (Wildman–Crippen MR) is 192 cm³/mol. The monoisotopic (exact) mass is 782 g/mol. The molecule has 0 aliphatic heterocycles. The lowest BCUT2D eigenvalue weighted by molar-refractivity contribution is -0.138. The maximum absolute atomic E-state index is 13.0. The molecular weight excluding hydrogens is 737 g/mol. The Morgan fingerprint density at radius 1 is 0.434 bits per heavy atom. The maximum Gasteiger partial charge on any atom is 0.417 e.